The minimum atomic E-state index is -0.0920. The summed E-state index contributed by atoms with van der Waals surface area (Å²) in [4.78, 5) is 12.4. The predicted molar refractivity (Wildman–Crippen MR) is 91.5 cm³/mol. The number of thiophene rings is 1. The maximum Gasteiger partial charge on any atom is 0.268 e. The van der Waals surface area contributed by atoms with Crippen LogP contribution in [-0.4, -0.2) is 24.7 Å². The van der Waals surface area contributed by atoms with E-state index in [-0.39, 0.29) is 5.91 Å². The minimum Gasteiger partial charge on any atom is -0.493 e. The van der Waals surface area contributed by atoms with Crippen LogP contribution in [0.15, 0.2) is 35.7 Å². The molecule has 3 aromatic rings. The molecule has 0 atom stereocenters. The molecule has 6 heteroatoms. The van der Waals surface area contributed by atoms with Gasteiger partial charge in [-0.15, -0.1) is 11.3 Å². The lowest BCUT2D eigenvalue weighted by atomic mass is 10.2. The van der Waals surface area contributed by atoms with Crippen molar-refractivity contribution in [3.63, 3.8) is 0 Å². The fourth-order valence-corrected chi connectivity index (χ4v) is 3.38. The normalized spacial score (nSPS) is 10.7. The molecular weight excluding hydrogens is 312 g/mol. The standard InChI is InChI=1S/C17H18N2O3S/c1-19-12-6-7-23-16(12)9-13(19)17(20)18-10-11-4-5-14(21-2)15(8-11)22-3/h4-9H,10H2,1-3H3,(H,18,20). The van der Waals surface area contributed by atoms with Gasteiger partial charge in [0, 0.05) is 13.6 Å². The van der Waals surface area contributed by atoms with Crippen LogP contribution in [-0.2, 0) is 13.6 Å². The molecule has 0 spiro atoms. The van der Waals surface area contributed by atoms with Gasteiger partial charge in [-0.3, -0.25) is 4.79 Å². The zero-order valence-electron chi connectivity index (χ0n) is 13.3. The first-order valence-electron chi connectivity index (χ1n) is 7.16. The Balaban J connectivity index is 1.73. The van der Waals surface area contributed by atoms with Gasteiger partial charge < -0.3 is 19.4 Å². The fraction of sp³-hybridized carbons (Fsp3) is 0.235. The Kier molecular flexibility index (Phi) is 4.25. The Morgan fingerprint density at radius 3 is 2.65 bits per heavy atom. The fourth-order valence-electron chi connectivity index (χ4n) is 2.53. The van der Waals surface area contributed by atoms with Crippen molar-refractivity contribution >= 4 is 27.5 Å². The Hall–Kier alpha value is -2.47. The lowest BCUT2D eigenvalue weighted by Crippen LogP contribution is -2.24. The highest BCUT2D eigenvalue weighted by atomic mass is 32.1. The number of methoxy groups -OCH3 is 2. The molecule has 0 aliphatic carbocycles. The van der Waals surface area contributed by atoms with E-state index < -0.39 is 0 Å². The molecule has 0 aliphatic heterocycles. The average molecular weight is 330 g/mol. The van der Waals surface area contributed by atoms with Gasteiger partial charge in [0.1, 0.15) is 5.69 Å². The number of nitrogens with zero attached hydrogens (tertiary/aromatic N) is 1. The van der Waals surface area contributed by atoms with E-state index in [0.29, 0.717) is 23.7 Å². The summed E-state index contributed by atoms with van der Waals surface area (Å²) in [5.74, 6) is 1.23. The van der Waals surface area contributed by atoms with E-state index in [1.54, 1.807) is 25.6 Å². The van der Waals surface area contributed by atoms with E-state index in [0.717, 1.165) is 15.8 Å². The minimum absolute atomic E-state index is 0.0920. The second-order valence-electron chi connectivity index (χ2n) is 5.13. The van der Waals surface area contributed by atoms with Crippen LogP contribution >= 0.6 is 11.3 Å². The van der Waals surface area contributed by atoms with Gasteiger partial charge in [0.2, 0.25) is 0 Å². The summed E-state index contributed by atoms with van der Waals surface area (Å²) in [5.41, 5.74) is 2.69. The van der Waals surface area contributed by atoms with Gasteiger partial charge >= 0.3 is 0 Å². The van der Waals surface area contributed by atoms with E-state index in [1.165, 1.54) is 0 Å². The van der Waals surface area contributed by atoms with Crippen LogP contribution < -0.4 is 14.8 Å². The number of carbonyl (C=O) groups is 1. The molecule has 0 bridgehead atoms. The number of amides is 1. The number of ether oxygens (including phenoxy) is 2. The summed E-state index contributed by atoms with van der Waals surface area (Å²) >= 11 is 1.63. The predicted octanol–water partition coefficient (Wildman–Crippen LogP) is 3.19. The van der Waals surface area contributed by atoms with Crippen LogP contribution in [0.3, 0.4) is 0 Å². The highest BCUT2D eigenvalue weighted by Crippen LogP contribution is 2.27. The third-order valence-electron chi connectivity index (χ3n) is 3.80. The maximum absolute atomic E-state index is 12.4. The van der Waals surface area contributed by atoms with E-state index in [4.69, 9.17) is 9.47 Å². The molecule has 0 saturated heterocycles. The first kappa shape index (κ1) is 15.4. The SMILES string of the molecule is COc1ccc(CNC(=O)c2cc3sccc3n2C)cc1OC. The van der Waals surface area contributed by atoms with Crippen molar-refractivity contribution in [2.45, 2.75) is 6.54 Å². The van der Waals surface area contributed by atoms with Gasteiger partial charge in [-0.25, -0.2) is 0 Å². The van der Waals surface area contributed by atoms with Crippen molar-refractivity contribution < 1.29 is 14.3 Å². The van der Waals surface area contributed by atoms with Crippen LogP contribution in [0, 0.1) is 0 Å². The number of hydrogen-bond donors (Lipinski definition) is 1. The van der Waals surface area contributed by atoms with Gasteiger partial charge in [0.15, 0.2) is 11.5 Å². The van der Waals surface area contributed by atoms with Crippen molar-refractivity contribution in [1.82, 2.24) is 9.88 Å². The van der Waals surface area contributed by atoms with Crippen LogP contribution in [0.2, 0.25) is 0 Å². The first-order chi connectivity index (χ1) is 11.1. The molecule has 1 aromatic carbocycles. The summed E-state index contributed by atoms with van der Waals surface area (Å²) in [7, 11) is 5.09. The largest absolute Gasteiger partial charge is 0.493 e. The summed E-state index contributed by atoms with van der Waals surface area (Å²) in [5, 5.41) is 4.97. The molecule has 2 aromatic heterocycles. The van der Waals surface area contributed by atoms with Crippen LogP contribution in [0.5, 0.6) is 11.5 Å². The van der Waals surface area contributed by atoms with E-state index in [2.05, 4.69) is 5.32 Å². The molecule has 1 amide bonds. The molecule has 120 valence electrons. The van der Waals surface area contributed by atoms with Gasteiger partial charge in [0.05, 0.1) is 24.4 Å². The number of fused-ring (bicyclic) bond motifs is 1. The summed E-state index contributed by atoms with van der Waals surface area (Å²) in [6, 6.07) is 9.54. The number of carbonyl (C=O) groups excluding carboxylic acids is 1. The number of benzene rings is 1. The summed E-state index contributed by atoms with van der Waals surface area (Å²) in [6.45, 7) is 0.429. The number of aryl methyl sites for hydroxylation is 1. The Bertz CT molecular complexity index is 851. The van der Waals surface area contributed by atoms with Crippen molar-refractivity contribution in [3.05, 3.63) is 47.0 Å². The molecule has 0 radical (unpaired) electrons. The second-order valence-corrected chi connectivity index (χ2v) is 6.08. The van der Waals surface area contributed by atoms with Gasteiger partial charge in [-0.05, 0) is 35.2 Å². The number of rotatable bonds is 5. The molecule has 23 heavy (non-hydrogen) atoms. The van der Waals surface area contributed by atoms with Crippen molar-refractivity contribution in [2.75, 3.05) is 14.2 Å². The average Bonchev–Trinajstić information content (AvgIpc) is 3.15. The van der Waals surface area contributed by atoms with Crippen LogP contribution in [0.1, 0.15) is 16.1 Å². The lowest BCUT2D eigenvalue weighted by Gasteiger charge is -2.10. The van der Waals surface area contributed by atoms with Crippen LogP contribution in [0.25, 0.3) is 10.2 Å². The molecule has 2 heterocycles. The number of nitrogens with one attached hydrogen (secondary N) is 1. The molecule has 1 N–H and O–H groups in total. The van der Waals surface area contributed by atoms with Crippen molar-refractivity contribution in [2.24, 2.45) is 7.05 Å². The first-order valence-corrected chi connectivity index (χ1v) is 8.04. The maximum atomic E-state index is 12.4. The smallest absolute Gasteiger partial charge is 0.268 e. The monoisotopic (exact) mass is 330 g/mol. The van der Waals surface area contributed by atoms with Crippen LogP contribution in [0.4, 0.5) is 0 Å². The topological polar surface area (TPSA) is 52.5 Å². The third kappa shape index (κ3) is 2.90. The zero-order valence-corrected chi connectivity index (χ0v) is 14.1. The third-order valence-corrected chi connectivity index (χ3v) is 4.65. The van der Waals surface area contributed by atoms with E-state index in [1.807, 2.05) is 47.3 Å². The van der Waals surface area contributed by atoms with Crippen molar-refractivity contribution in [3.8, 4) is 11.5 Å². The summed E-state index contributed by atoms with van der Waals surface area (Å²) < 4.78 is 13.5. The molecule has 3 rings (SSSR count). The van der Waals surface area contributed by atoms with Gasteiger partial charge in [0.25, 0.3) is 5.91 Å². The molecular formula is C17H18N2O3S. The van der Waals surface area contributed by atoms with E-state index in [9.17, 15) is 4.79 Å². The molecule has 5 nitrogen and oxygen atoms in total. The highest BCUT2D eigenvalue weighted by Gasteiger charge is 2.14. The molecule has 0 fully saturated rings. The molecule has 0 unspecified atom stereocenters. The Labute approximate surface area is 138 Å². The Morgan fingerprint density at radius 2 is 1.96 bits per heavy atom. The number of hydrogen-bond acceptors (Lipinski definition) is 4. The number of aromatic nitrogens is 1. The van der Waals surface area contributed by atoms with Gasteiger partial charge in [-0.1, -0.05) is 6.07 Å². The summed E-state index contributed by atoms with van der Waals surface area (Å²) in [6.07, 6.45) is 0. The quantitative estimate of drug-likeness (QED) is 0.782. The molecule has 0 aliphatic rings. The van der Waals surface area contributed by atoms with Crippen molar-refractivity contribution in [1.29, 1.82) is 0 Å². The van der Waals surface area contributed by atoms with E-state index >= 15 is 0 Å². The second kappa shape index (κ2) is 6.34. The molecule has 0 saturated carbocycles. The zero-order chi connectivity index (χ0) is 16.4. The lowest BCUT2D eigenvalue weighted by molar-refractivity contribution is 0.0943. The van der Waals surface area contributed by atoms with Gasteiger partial charge in [-0.2, -0.15) is 0 Å². The Morgan fingerprint density at radius 1 is 1.17 bits per heavy atom. The highest BCUT2D eigenvalue weighted by molar-refractivity contribution is 7.17.